The minimum atomic E-state index is -0.803. The summed E-state index contributed by atoms with van der Waals surface area (Å²) in [5.41, 5.74) is 2.32. The molecule has 4 rings (SSSR count). The van der Waals surface area contributed by atoms with E-state index in [1.54, 1.807) is 43.5 Å². The van der Waals surface area contributed by atoms with Crippen LogP contribution in [0.4, 0.5) is 5.69 Å². The number of rotatable bonds is 6. The lowest BCUT2D eigenvalue weighted by Gasteiger charge is -2.26. The van der Waals surface area contributed by atoms with Gasteiger partial charge in [-0.2, -0.15) is 0 Å². The summed E-state index contributed by atoms with van der Waals surface area (Å²) in [6.07, 6.45) is 0. The molecule has 1 saturated heterocycles. The van der Waals surface area contributed by atoms with Crippen molar-refractivity contribution in [2.24, 2.45) is 0 Å². The molecule has 0 aromatic heterocycles. The zero-order valence-electron chi connectivity index (χ0n) is 21.2. The number of carbonyl (C=O) groups is 2. The highest BCUT2D eigenvalue weighted by Crippen LogP contribution is 2.43. The smallest absolute Gasteiger partial charge is 0.300 e. The topological polar surface area (TPSA) is 76.1 Å². The van der Waals surface area contributed by atoms with Gasteiger partial charge in [-0.15, -0.1) is 0 Å². The number of hydrogen-bond donors (Lipinski definition) is 1. The van der Waals surface area contributed by atoms with E-state index in [1.807, 2.05) is 64.1 Å². The van der Waals surface area contributed by atoms with Crippen molar-refractivity contribution < 1.29 is 24.2 Å². The van der Waals surface area contributed by atoms with Crippen molar-refractivity contribution in [1.82, 2.24) is 0 Å². The number of hydrogen-bond acceptors (Lipinski definition) is 5. The molecule has 6 nitrogen and oxygen atoms in total. The summed E-state index contributed by atoms with van der Waals surface area (Å²) in [5.74, 6) is -0.390. The van der Waals surface area contributed by atoms with Crippen LogP contribution in [-0.4, -0.2) is 30.5 Å². The van der Waals surface area contributed by atoms with Gasteiger partial charge < -0.3 is 14.6 Å². The lowest BCUT2D eigenvalue weighted by atomic mass is 9.84. The van der Waals surface area contributed by atoms with E-state index >= 15 is 0 Å². The lowest BCUT2D eigenvalue weighted by molar-refractivity contribution is -0.132. The molecule has 1 unspecified atom stereocenters. The number of carbonyl (C=O) groups excluding carboxylic acids is 2. The van der Waals surface area contributed by atoms with E-state index in [4.69, 9.17) is 9.47 Å². The van der Waals surface area contributed by atoms with Crippen molar-refractivity contribution in [2.75, 3.05) is 18.6 Å². The Morgan fingerprint density at radius 2 is 1.69 bits per heavy atom. The Bertz CT molecular complexity index is 1320. The van der Waals surface area contributed by atoms with Gasteiger partial charge >= 0.3 is 0 Å². The van der Waals surface area contributed by atoms with Gasteiger partial charge in [0.05, 0.1) is 25.3 Å². The van der Waals surface area contributed by atoms with Crippen molar-refractivity contribution in [2.45, 2.75) is 39.2 Å². The molecule has 36 heavy (non-hydrogen) atoms. The summed E-state index contributed by atoms with van der Waals surface area (Å²) in [7, 11) is 1.60. The van der Waals surface area contributed by atoms with Crippen LogP contribution < -0.4 is 14.4 Å². The number of Topliss-reactive ketones (excluding diaryl/α,β-unsaturated/α-hetero) is 1. The van der Waals surface area contributed by atoms with Gasteiger partial charge in [0.1, 0.15) is 17.3 Å². The number of anilines is 1. The van der Waals surface area contributed by atoms with Crippen LogP contribution in [0.5, 0.6) is 11.5 Å². The zero-order valence-corrected chi connectivity index (χ0v) is 21.2. The van der Waals surface area contributed by atoms with Crippen molar-refractivity contribution in [3.63, 3.8) is 0 Å². The molecule has 1 aliphatic heterocycles. The number of ether oxygens (including phenoxy) is 2. The summed E-state index contributed by atoms with van der Waals surface area (Å²) in [6, 6.07) is 20.8. The maximum Gasteiger partial charge on any atom is 0.300 e. The molecule has 3 aromatic rings. The summed E-state index contributed by atoms with van der Waals surface area (Å²) in [4.78, 5) is 28.3. The van der Waals surface area contributed by atoms with Crippen molar-refractivity contribution in [3.05, 3.63) is 95.1 Å². The van der Waals surface area contributed by atoms with Gasteiger partial charge in [0.25, 0.3) is 11.7 Å². The highest BCUT2D eigenvalue weighted by Gasteiger charge is 2.47. The van der Waals surface area contributed by atoms with Crippen molar-refractivity contribution in [1.29, 1.82) is 0 Å². The van der Waals surface area contributed by atoms with Crippen LogP contribution in [0.2, 0.25) is 0 Å². The Kier molecular flexibility index (Phi) is 6.88. The van der Waals surface area contributed by atoms with Crippen molar-refractivity contribution >= 4 is 23.1 Å². The number of amides is 1. The van der Waals surface area contributed by atoms with E-state index in [9.17, 15) is 14.7 Å². The second-order valence-corrected chi connectivity index (χ2v) is 9.68. The van der Waals surface area contributed by atoms with Gasteiger partial charge in [-0.25, -0.2) is 0 Å². The molecule has 0 saturated carbocycles. The first-order valence-corrected chi connectivity index (χ1v) is 11.9. The lowest BCUT2D eigenvalue weighted by Crippen LogP contribution is -2.29. The summed E-state index contributed by atoms with van der Waals surface area (Å²) >= 11 is 0. The van der Waals surface area contributed by atoms with E-state index in [-0.39, 0.29) is 16.7 Å². The monoisotopic (exact) mass is 485 g/mol. The first-order valence-electron chi connectivity index (χ1n) is 11.9. The third-order valence-corrected chi connectivity index (χ3v) is 6.25. The maximum atomic E-state index is 13.4. The highest BCUT2D eigenvalue weighted by molar-refractivity contribution is 6.51. The molecule has 3 aromatic carbocycles. The number of nitrogens with zero attached hydrogens (tertiary/aromatic N) is 1. The Balaban J connectivity index is 1.93. The van der Waals surface area contributed by atoms with Gasteiger partial charge in [0.2, 0.25) is 0 Å². The third kappa shape index (κ3) is 4.59. The molecule has 1 aliphatic rings. The second kappa shape index (κ2) is 9.90. The summed E-state index contributed by atoms with van der Waals surface area (Å²) in [5, 5.41) is 11.5. The van der Waals surface area contributed by atoms with Crippen LogP contribution in [0.1, 0.15) is 50.4 Å². The molecule has 1 fully saturated rings. The number of methoxy groups -OCH3 is 1. The Hall–Kier alpha value is -4.06. The first kappa shape index (κ1) is 25.0. The molecule has 1 heterocycles. The van der Waals surface area contributed by atoms with E-state index in [0.29, 0.717) is 34.9 Å². The maximum absolute atomic E-state index is 13.4. The first-order chi connectivity index (χ1) is 17.2. The SMILES string of the molecule is CCOc1cccc(N2C(=O)C(=O)/C(=C(\O)c3ccc(OC)c(C(C)(C)C)c3)C2c2ccccc2)c1. The molecule has 0 spiro atoms. The fraction of sp³-hybridized carbons (Fsp3) is 0.267. The predicted molar refractivity (Wildman–Crippen MR) is 141 cm³/mol. The number of aliphatic hydroxyl groups is 1. The zero-order chi connectivity index (χ0) is 26.0. The molecule has 0 radical (unpaired) electrons. The summed E-state index contributed by atoms with van der Waals surface area (Å²) in [6.45, 7) is 8.48. The van der Waals surface area contributed by atoms with Gasteiger partial charge in [-0.3, -0.25) is 14.5 Å². The number of ketones is 1. The second-order valence-electron chi connectivity index (χ2n) is 9.68. The Morgan fingerprint density at radius 1 is 0.972 bits per heavy atom. The van der Waals surface area contributed by atoms with Gasteiger partial charge in [0, 0.05) is 22.9 Å². The predicted octanol–water partition coefficient (Wildman–Crippen LogP) is 6.02. The van der Waals surface area contributed by atoms with Crippen LogP contribution in [0.3, 0.4) is 0 Å². The molecule has 1 N–H and O–H groups in total. The van der Waals surface area contributed by atoms with Gasteiger partial charge in [0.15, 0.2) is 0 Å². The molecule has 6 heteroatoms. The minimum absolute atomic E-state index is 0.0399. The quantitative estimate of drug-likeness (QED) is 0.263. The highest BCUT2D eigenvalue weighted by atomic mass is 16.5. The largest absolute Gasteiger partial charge is 0.507 e. The molecular weight excluding hydrogens is 454 g/mol. The van der Waals surface area contributed by atoms with E-state index < -0.39 is 17.7 Å². The van der Waals surface area contributed by atoms with Crippen LogP contribution in [0, 0.1) is 0 Å². The fourth-order valence-corrected chi connectivity index (χ4v) is 4.54. The average molecular weight is 486 g/mol. The number of aliphatic hydroxyl groups excluding tert-OH is 1. The van der Waals surface area contributed by atoms with Crippen molar-refractivity contribution in [3.8, 4) is 11.5 Å². The van der Waals surface area contributed by atoms with E-state index in [2.05, 4.69) is 0 Å². The minimum Gasteiger partial charge on any atom is -0.507 e. The summed E-state index contributed by atoms with van der Waals surface area (Å²) < 4.78 is 11.2. The molecule has 1 atom stereocenters. The standard InChI is InChI=1S/C30H31NO5/c1-6-36-22-14-10-13-21(18-22)31-26(19-11-8-7-9-12-19)25(28(33)29(31)34)27(32)20-15-16-24(35-5)23(17-20)30(2,3)4/h7-18,26,32H,6H2,1-5H3/b27-25-. The van der Waals surface area contributed by atoms with E-state index in [0.717, 1.165) is 5.56 Å². The molecule has 0 bridgehead atoms. The number of benzene rings is 3. The average Bonchev–Trinajstić information content (AvgIpc) is 3.14. The normalized spacial score (nSPS) is 17.4. The molecule has 186 valence electrons. The molecule has 0 aliphatic carbocycles. The Morgan fingerprint density at radius 3 is 2.33 bits per heavy atom. The third-order valence-electron chi connectivity index (χ3n) is 6.25. The molecule has 1 amide bonds. The fourth-order valence-electron chi connectivity index (χ4n) is 4.54. The van der Waals surface area contributed by atoms with Crippen LogP contribution in [0.25, 0.3) is 5.76 Å². The van der Waals surface area contributed by atoms with Gasteiger partial charge in [-0.05, 0) is 48.2 Å². The van der Waals surface area contributed by atoms with Crippen LogP contribution in [-0.2, 0) is 15.0 Å². The van der Waals surface area contributed by atoms with Crippen LogP contribution >= 0.6 is 0 Å². The van der Waals surface area contributed by atoms with Gasteiger partial charge in [-0.1, -0.05) is 57.2 Å². The van der Waals surface area contributed by atoms with E-state index in [1.165, 1.54) is 4.90 Å². The van der Waals surface area contributed by atoms with Crippen LogP contribution in [0.15, 0.2) is 78.4 Å². The Labute approximate surface area is 211 Å². The molecular formula is C30H31NO5.